The number of anilines is 1. The second kappa shape index (κ2) is 5.85. The van der Waals surface area contributed by atoms with E-state index in [2.05, 4.69) is 10.3 Å². The Morgan fingerprint density at radius 1 is 1.29 bits per heavy atom. The van der Waals surface area contributed by atoms with E-state index in [0.29, 0.717) is 10.3 Å². The van der Waals surface area contributed by atoms with Crippen molar-refractivity contribution in [2.24, 2.45) is 0 Å². The molecule has 0 aliphatic heterocycles. The van der Waals surface area contributed by atoms with Gasteiger partial charge in [-0.25, -0.2) is 4.98 Å². The number of halogens is 1. The molecule has 1 N–H and O–H groups in total. The lowest BCUT2D eigenvalue weighted by atomic mass is 10.2. The van der Waals surface area contributed by atoms with Crippen molar-refractivity contribution < 1.29 is 9.21 Å². The first kappa shape index (κ1) is 14.1. The molecule has 4 nitrogen and oxygen atoms in total. The summed E-state index contributed by atoms with van der Waals surface area (Å²) in [5, 5.41) is 2.83. The highest BCUT2D eigenvalue weighted by atomic mass is 127. The number of rotatable bonds is 3. The summed E-state index contributed by atoms with van der Waals surface area (Å²) in [5.74, 6) is 0.530. The second-order valence-corrected chi connectivity index (χ2v) is 5.52. The Balaban J connectivity index is 1.98. The van der Waals surface area contributed by atoms with Crippen molar-refractivity contribution in [1.29, 1.82) is 0 Å². The number of aryl methyl sites for hydroxylation is 1. The summed E-state index contributed by atoms with van der Waals surface area (Å²) in [7, 11) is 0. The Hall–Kier alpha value is -1.89. The molecular formula is C16H13IN2O2. The van der Waals surface area contributed by atoms with E-state index in [1.54, 1.807) is 0 Å². The molecule has 1 heterocycles. The molecule has 5 heteroatoms. The van der Waals surface area contributed by atoms with Gasteiger partial charge in [0.1, 0.15) is 5.52 Å². The third-order valence-electron chi connectivity index (χ3n) is 3.06. The van der Waals surface area contributed by atoms with Crippen LogP contribution in [-0.2, 0) is 4.79 Å². The first-order valence-electron chi connectivity index (χ1n) is 6.49. The average Bonchev–Trinajstić information content (AvgIpc) is 2.90. The molecule has 0 aliphatic carbocycles. The van der Waals surface area contributed by atoms with E-state index in [1.165, 1.54) is 0 Å². The van der Waals surface area contributed by atoms with Gasteiger partial charge in [-0.15, -0.1) is 0 Å². The summed E-state index contributed by atoms with van der Waals surface area (Å²) in [4.78, 5) is 16.0. The number of hydrogen-bond donors (Lipinski definition) is 1. The lowest BCUT2D eigenvalue weighted by molar-refractivity contribution is -0.113. The van der Waals surface area contributed by atoms with Crippen LogP contribution in [0.2, 0.25) is 0 Å². The zero-order valence-corrected chi connectivity index (χ0v) is 13.5. The van der Waals surface area contributed by atoms with Gasteiger partial charge in [0.2, 0.25) is 11.8 Å². The second-order valence-electron chi connectivity index (χ2n) is 4.75. The molecule has 0 saturated heterocycles. The van der Waals surface area contributed by atoms with Crippen LogP contribution in [0.1, 0.15) is 5.56 Å². The van der Waals surface area contributed by atoms with Crippen molar-refractivity contribution in [3.05, 3.63) is 48.0 Å². The van der Waals surface area contributed by atoms with Crippen molar-refractivity contribution in [2.75, 3.05) is 9.74 Å². The summed E-state index contributed by atoms with van der Waals surface area (Å²) in [6.07, 6.45) is 0. The smallest absolute Gasteiger partial charge is 0.234 e. The number of carbonyl (C=O) groups excluding carboxylic acids is 1. The Bertz CT molecular complexity index is 811. The number of benzene rings is 2. The lowest BCUT2D eigenvalue weighted by Crippen LogP contribution is -2.11. The number of aromatic nitrogens is 1. The number of carbonyl (C=O) groups is 1. The fraction of sp³-hybridized carbons (Fsp3) is 0.125. The third-order valence-corrected chi connectivity index (χ3v) is 3.75. The van der Waals surface area contributed by atoms with Gasteiger partial charge in [0.25, 0.3) is 0 Å². The standard InChI is InChI=1S/C16H13IN2O2/c1-10-5-6-14-13(7-10)19-16(21-14)11-3-2-4-12(8-11)18-15(20)9-17/h2-8H,9H2,1H3,(H,18,20). The Morgan fingerprint density at radius 2 is 2.14 bits per heavy atom. The fourth-order valence-corrected chi connectivity index (χ4v) is 2.28. The minimum absolute atomic E-state index is 0.0269. The number of hydrogen-bond acceptors (Lipinski definition) is 3. The monoisotopic (exact) mass is 392 g/mol. The molecule has 3 aromatic rings. The van der Waals surface area contributed by atoms with Gasteiger partial charge in [-0.2, -0.15) is 0 Å². The normalized spacial score (nSPS) is 10.8. The van der Waals surface area contributed by atoms with E-state index in [0.717, 1.165) is 27.9 Å². The van der Waals surface area contributed by atoms with Crippen LogP contribution in [0.3, 0.4) is 0 Å². The lowest BCUT2D eigenvalue weighted by Gasteiger charge is -2.03. The number of nitrogens with zero attached hydrogens (tertiary/aromatic N) is 1. The summed E-state index contributed by atoms with van der Waals surface area (Å²) in [6, 6.07) is 13.4. The number of oxazole rings is 1. The molecule has 0 radical (unpaired) electrons. The number of alkyl halides is 1. The van der Waals surface area contributed by atoms with Gasteiger partial charge in [-0.05, 0) is 42.8 Å². The molecule has 2 aromatic carbocycles. The van der Waals surface area contributed by atoms with Gasteiger partial charge in [0, 0.05) is 11.3 Å². The van der Waals surface area contributed by atoms with Crippen molar-refractivity contribution in [3.8, 4) is 11.5 Å². The molecule has 3 rings (SSSR count). The van der Waals surface area contributed by atoms with E-state index in [-0.39, 0.29) is 5.91 Å². The molecule has 0 unspecified atom stereocenters. The number of amides is 1. The van der Waals surface area contributed by atoms with E-state index < -0.39 is 0 Å². The first-order chi connectivity index (χ1) is 10.2. The average molecular weight is 392 g/mol. The molecule has 1 aromatic heterocycles. The molecule has 0 atom stereocenters. The van der Waals surface area contributed by atoms with Gasteiger partial charge in [-0.3, -0.25) is 4.79 Å². The van der Waals surface area contributed by atoms with Crippen molar-refractivity contribution in [1.82, 2.24) is 4.98 Å². The van der Waals surface area contributed by atoms with Crippen molar-refractivity contribution in [2.45, 2.75) is 6.92 Å². The van der Waals surface area contributed by atoms with Crippen LogP contribution >= 0.6 is 22.6 Å². The van der Waals surface area contributed by atoms with Crippen molar-refractivity contribution in [3.63, 3.8) is 0 Å². The van der Waals surface area contributed by atoms with Crippen molar-refractivity contribution >= 4 is 45.3 Å². The highest BCUT2D eigenvalue weighted by molar-refractivity contribution is 14.1. The SMILES string of the molecule is Cc1ccc2oc(-c3cccc(NC(=O)CI)c3)nc2c1. The molecule has 0 saturated carbocycles. The molecule has 21 heavy (non-hydrogen) atoms. The van der Waals surface area contributed by atoms with Crippen LogP contribution in [-0.4, -0.2) is 15.3 Å². The van der Waals surface area contributed by atoms with E-state index in [1.807, 2.05) is 72.0 Å². The first-order valence-corrected chi connectivity index (χ1v) is 8.02. The zero-order chi connectivity index (χ0) is 14.8. The largest absolute Gasteiger partial charge is 0.436 e. The minimum Gasteiger partial charge on any atom is -0.436 e. The Kier molecular flexibility index (Phi) is 3.92. The molecular weight excluding hydrogens is 379 g/mol. The van der Waals surface area contributed by atoms with Gasteiger partial charge in [-0.1, -0.05) is 34.7 Å². The summed E-state index contributed by atoms with van der Waals surface area (Å²) < 4.78 is 6.19. The quantitative estimate of drug-likeness (QED) is 0.538. The minimum atomic E-state index is -0.0269. The van der Waals surface area contributed by atoms with E-state index in [9.17, 15) is 4.79 Å². The van der Waals surface area contributed by atoms with Crippen LogP contribution in [0, 0.1) is 6.92 Å². The highest BCUT2D eigenvalue weighted by Gasteiger charge is 2.09. The van der Waals surface area contributed by atoms with Crippen LogP contribution in [0.5, 0.6) is 0 Å². The fourth-order valence-electron chi connectivity index (χ4n) is 2.09. The van der Waals surface area contributed by atoms with Crippen LogP contribution in [0.25, 0.3) is 22.6 Å². The van der Waals surface area contributed by atoms with Gasteiger partial charge in [0.05, 0.1) is 4.43 Å². The summed E-state index contributed by atoms with van der Waals surface area (Å²) in [5.41, 5.74) is 4.33. The van der Waals surface area contributed by atoms with Crippen LogP contribution in [0.15, 0.2) is 46.9 Å². The molecule has 1 amide bonds. The Morgan fingerprint density at radius 3 is 2.95 bits per heavy atom. The molecule has 106 valence electrons. The van der Waals surface area contributed by atoms with Gasteiger partial charge < -0.3 is 9.73 Å². The third kappa shape index (κ3) is 3.07. The molecule has 0 bridgehead atoms. The van der Waals surface area contributed by atoms with Gasteiger partial charge >= 0.3 is 0 Å². The van der Waals surface area contributed by atoms with Crippen LogP contribution < -0.4 is 5.32 Å². The predicted octanol–water partition coefficient (Wildman–Crippen LogP) is 4.18. The van der Waals surface area contributed by atoms with E-state index in [4.69, 9.17) is 4.42 Å². The number of nitrogens with one attached hydrogen (secondary N) is 1. The predicted molar refractivity (Wildman–Crippen MR) is 91.7 cm³/mol. The highest BCUT2D eigenvalue weighted by Crippen LogP contribution is 2.26. The number of fused-ring (bicyclic) bond motifs is 1. The maximum Gasteiger partial charge on any atom is 0.234 e. The molecule has 0 fully saturated rings. The van der Waals surface area contributed by atoms with Crippen LogP contribution in [0.4, 0.5) is 5.69 Å². The molecule has 0 spiro atoms. The summed E-state index contributed by atoms with van der Waals surface area (Å²) >= 11 is 2.03. The Labute approximate surface area is 135 Å². The summed E-state index contributed by atoms with van der Waals surface area (Å²) in [6.45, 7) is 2.02. The van der Waals surface area contributed by atoms with E-state index >= 15 is 0 Å². The maximum atomic E-state index is 11.4. The zero-order valence-electron chi connectivity index (χ0n) is 11.4. The van der Waals surface area contributed by atoms with Gasteiger partial charge in [0.15, 0.2) is 5.58 Å². The topological polar surface area (TPSA) is 55.1 Å². The molecule has 0 aliphatic rings. The maximum absolute atomic E-state index is 11.4.